The first-order valence-electron chi connectivity index (χ1n) is 17.4. The van der Waals surface area contributed by atoms with Crippen molar-refractivity contribution in [2.45, 2.75) is 74.0 Å². The van der Waals surface area contributed by atoms with Crippen LogP contribution < -0.4 is 4.90 Å². The Morgan fingerprint density at radius 2 is 1.41 bits per heavy atom. The summed E-state index contributed by atoms with van der Waals surface area (Å²) in [5, 5.41) is 0.285. The molecule has 0 saturated carbocycles. The van der Waals surface area contributed by atoms with Gasteiger partial charge in [-0.05, 0) is 87.2 Å². The Morgan fingerprint density at radius 1 is 0.804 bits per heavy atom. The fourth-order valence-corrected chi connectivity index (χ4v) is 9.61. The maximum Gasteiger partial charge on any atom is 0.294 e. The zero-order valence-corrected chi connectivity index (χ0v) is 35.0. The summed E-state index contributed by atoms with van der Waals surface area (Å²) >= 11 is 6.85. The van der Waals surface area contributed by atoms with Gasteiger partial charge in [0.1, 0.15) is 29.0 Å². The van der Waals surface area contributed by atoms with E-state index in [1.54, 1.807) is 24.3 Å². The predicted molar refractivity (Wildman–Crippen MR) is 209 cm³/mol. The van der Waals surface area contributed by atoms with Crippen molar-refractivity contribution in [3.05, 3.63) is 93.9 Å². The molecule has 3 heterocycles. The molecule has 5 rings (SSSR count). The SMILES string of the molecule is CC1(C)C(=CC=C2OCC(C=CC3=[N+](CCCCS(=O)(=O)O)c4ccc(S(=O)(=O)O)cc4C3(C)C)=C2Cl)N(CCCCS(=O)(=O)O)c2ccc(S(=O)(=O)[O-])cc21. The minimum absolute atomic E-state index is 0.0833. The molecular weight excluding hydrogens is 832 g/mol. The zero-order valence-electron chi connectivity index (χ0n) is 31.0. The number of halogens is 1. The molecule has 0 saturated heterocycles. The number of nitrogens with zero attached hydrogens (tertiary/aromatic N) is 2. The summed E-state index contributed by atoms with van der Waals surface area (Å²) in [6, 6.07) is 8.34. The number of anilines is 1. The van der Waals surface area contributed by atoms with Crippen molar-refractivity contribution >= 4 is 69.2 Å². The minimum atomic E-state index is -4.76. The molecule has 306 valence electrons. The summed E-state index contributed by atoms with van der Waals surface area (Å²) in [5.41, 5.74) is 2.85. The molecule has 3 aliphatic heterocycles. The van der Waals surface area contributed by atoms with Crippen LogP contribution in [0.1, 0.15) is 64.5 Å². The molecule has 0 aromatic heterocycles. The summed E-state index contributed by atoms with van der Waals surface area (Å²) in [6.07, 6.45) is 8.03. The lowest BCUT2D eigenvalue weighted by atomic mass is 9.81. The molecule has 0 unspecified atom stereocenters. The lowest BCUT2D eigenvalue weighted by Crippen LogP contribution is -2.28. The number of hydrogen-bond donors (Lipinski definition) is 3. The summed E-state index contributed by atoms with van der Waals surface area (Å²) < 4.78 is 141. The van der Waals surface area contributed by atoms with Gasteiger partial charge in [-0.15, -0.1) is 0 Å². The van der Waals surface area contributed by atoms with E-state index in [4.69, 9.17) is 16.3 Å². The molecule has 3 aliphatic rings. The molecule has 3 N–H and O–H groups in total. The second kappa shape index (κ2) is 15.7. The van der Waals surface area contributed by atoms with E-state index in [0.717, 1.165) is 5.71 Å². The topological polar surface area (TPSA) is 236 Å². The number of ether oxygens (including phenoxy) is 1. The second-order valence-electron chi connectivity index (χ2n) is 14.8. The lowest BCUT2D eigenvalue weighted by Gasteiger charge is -2.27. The summed E-state index contributed by atoms with van der Waals surface area (Å²) in [7, 11) is -17.6. The molecule has 0 amide bonds. The fraction of sp³-hybridized carbons (Fsp3) is 0.417. The quantitative estimate of drug-likeness (QED) is 0.119. The van der Waals surface area contributed by atoms with Gasteiger partial charge in [-0.1, -0.05) is 25.4 Å². The van der Waals surface area contributed by atoms with Crippen LogP contribution in [0.4, 0.5) is 11.4 Å². The van der Waals surface area contributed by atoms with Gasteiger partial charge in [0, 0.05) is 53.0 Å². The van der Waals surface area contributed by atoms with Gasteiger partial charge in [-0.2, -0.15) is 29.8 Å². The number of fused-ring (bicyclic) bond motifs is 2. The van der Waals surface area contributed by atoms with Crippen LogP contribution in [0.25, 0.3) is 0 Å². The molecule has 0 bridgehead atoms. The average molecular weight is 875 g/mol. The molecule has 56 heavy (non-hydrogen) atoms. The van der Waals surface area contributed by atoms with Crippen molar-refractivity contribution in [1.82, 2.24) is 0 Å². The smallest absolute Gasteiger partial charge is 0.294 e. The van der Waals surface area contributed by atoms with Crippen molar-refractivity contribution in [2.24, 2.45) is 0 Å². The lowest BCUT2D eigenvalue weighted by molar-refractivity contribution is -0.438. The van der Waals surface area contributed by atoms with Gasteiger partial charge < -0.3 is 14.2 Å². The number of hydrogen-bond acceptors (Lipinski definition) is 11. The Bertz CT molecular complexity index is 2550. The van der Waals surface area contributed by atoms with E-state index in [9.17, 15) is 51.9 Å². The molecule has 0 aliphatic carbocycles. The molecule has 20 heteroatoms. The number of allylic oxidation sites excluding steroid dienone is 5. The van der Waals surface area contributed by atoms with Crippen molar-refractivity contribution < 1.29 is 61.2 Å². The molecule has 15 nitrogen and oxygen atoms in total. The Kier molecular flexibility index (Phi) is 12.3. The van der Waals surface area contributed by atoms with Gasteiger partial charge in [-0.25, -0.2) is 8.42 Å². The molecule has 2 aromatic carbocycles. The highest BCUT2D eigenvalue weighted by Crippen LogP contribution is 2.49. The van der Waals surface area contributed by atoms with Crippen molar-refractivity contribution in [3.63, 3.8) is 0 Å². The highest BCUT2D eigenvalue weighted by Gasteiger charge is 2.45. The summed E-state index contributed by atoms with van der Waals surface area (Å²) in [5.74, 6) is -0.538. The van der Waals surface area contributed by atoms with Gasteiger partial charge in [-0.3, -0.25) is 13.7 Å². The van der Waals surface area contributed by atoms with Gasteiger partial charge >= 0.3 is 0 Å². The van der Waals surface area contributed by atoms with E-state index in [1.807, 2.05) is 43.2 Å². The van der Waals surface area contributed by atoms with Crippen LogP contribution in [0.3, 0.4) is 0 Å². The molecule has 0 atom stereocenters. The van der Waals surface area contributed by atoms with Crippen LogP contribution in [0, 0.1) is 0 Å². The summed E-state index contributed by atoms with van der Waals surface area (Å²) in [4.78, 5) is 1.22. The first-order chi connectivity index (χ1) is 25.7. The van der Waals surface area contributed by atoms with E-state index < -0.39 is 67.7 Å². The van der Waals surface area contributed by atoms with Crippen LogP contribution in [-0.4, -0.2) is 93.4 Å². The maximum atomic E-state index is 12.0. The third kappa shape index (κ3) is 9.65. The van der Waals surface area contributed by atoms with Crippen molar-refractivity contribution in [1.29, 1.82) is 0 Å². The number of rotatable bonds is 15. The standard InChI is InChI=1S/C36H43ClN2O13S4/c1-35(2)27-21-25(55(46,47)48)10-12-29(27)38(17-5-7-19-53(40,41)42)32(35)15-9-24-23-52-31(34(24)37)14-16-33-36(3,4)28-22-26(56(49,50)51)11-13-30(28)39(33)18-6-8-20-54(43,44)45/h9-16,21-22H,5-8,17-20,23H2,1-4H3,(H3-,40,41,42,43,44,45,46,47,48,49,50,51). The molecule has 0 fully saturated rings. The van der Waals surface area contributed by atoms with Gasteiger partial charge in [0.25, 0.3) is 30.4 Å². The van der Waals surface area contributed by atoms with Crippen LogP contribution in [-0.2, 0) is 56.0 Å². The van der Waals surface area contributed by atoms with E-state index in [1.165, 1.54) is 30.3 Å². The molecule has 0 radical (unpaired) electrons. The average Bonchev–Trinajstić information content (AvgIpc) is 3.60. The third-order valence-electron chi connectivity index (χ3n) is 10.1. The Labute approximate surface area is 332 Å². The van der Waals surface area contributed by atoms with Crippen LogP contribution in [0.5, 0.6) is 0 Å². The van der Waals surface area contributed by atoms with Gasteiger partial charge in [0.2, 0.25) is 5.69 Å². The Balaban J connectivity index is 1.49. The van der Waals surface area contributed by atoms with Gasteiger partial charge in [0.15, 0.2) is 5.71 Å². The number of unbranched alkanes of at least 4 members (excludes halogenated alkanes) is 2. The first-order valence-corrected chi connectivity index (χ1v) is 23.8. The molecular formula is C36H43ClN2O13S4. The van der Waals surface area contributed by atoms with Crippen molar-refractivity contribution in [3.8, 4) is 0 Å². The van der Waals surface area contributed by atoms with E-state index in [2.05, 4.69) is 0 Å². The third-order valence-corrected chi connectivity index (χ3v) is 13.8. The molecule has 0 spiro atoms. The van der Waals surface area contributed by atoms with Crippen LogP contribution >= 0.6 is 11.6 Å². The van der Waals surface area contributed by atoms with Crippen LogP contribution in [0.15, 0.2) is 92.6 Å². The normalized spacial score (nSPS) is 19.8. The number of benzene rings is 2. The fourth-order valence-electron chi connectivity index (χ4n) is 7.23. The van der Waals surface area contributed by atoms with E-state index >= 15 is 0 Å². The second-order valence-corrected chi connectivity index (χ2v) is 21.1. The van der Waals surface area contributed by atoms with Crippen molar-refractivity contribution in [2.75, 3.05) is 36.1 Å². The highest BCUT2D eigenvalue weighted by atomic mass is 35.5. The predicted octanol–water partition coefficient (Wildman–Crippen LogP) is 5.19. The first kappa shape index (κ1) is 43.7. The Morgan fingerprint density at radius 3 is 2.02 bits per heavy atom. The van der Waals surface area contributed by atoms with E-state index in [-0.39, 0.29) is 29.4 Å². The van der Waals surface area contributed by atoms with Crippen LogP contribution in [0.2, 0.25) is 0 Å². The molecule has 2 aromatic rings. The Hall–Kier alpha value is -3.40. The van der Waals surface area contributed by atoms with E-state index in [0.29, 0.717) is 65.5 Å². The maximum absolute atomic E-state index is 12.0. The van der Waals surface area contributed by atoms with Gasteiger partial charge in [0.05, 0.1) is 31.7 Å². The highest BCUT2D eigenvalue weighted by molar-refractivity contribution is 7.86. The minimum Gasteiger partial charge on any atom is -0.744 e. The summed E-state index contributed by atoms with van der Waals surface area (Å²) in [6.45, 7) is 8.16. The zero-order chi connectivity index (χ0) is 41.6. The largest absolute Gasteiger partial charge is 0.744 e. The monoisotopic (exact) mass is 874 g/mol.